The Hall–Kier alpha value is -2.33. The molecule has 1 heterocycles. The molecule has 23 heavy (non-hydrogen) atoms. The van der Waals surface area contributed by atoms with Crippen molar-refractivity contribution < 1.29 is 9.15 Å². The summed E-state index contributed by atoms with van der Waals surface area (Å²) in [5.74, 6) is 0.728. The zero-order valence-electron chi connectivity index (χ0n) is 13.3. The van der Waals surface area contributed by atoms with Gasteiger partial charge in [-0.1, -0.05) is 19.1 Å². The van der Waals surface area contributed by atoms with Crippen molar-refractivity contribution in [3.05, 3.63) is 52.7 Å². The molecule has 0 saturated carbocycles. The van der Waals surface area contributed by atoms with E-state index in [1.807, 2.05) is 24.3 Å². The van der Waals surface area contributed by atoms with Crippen LogP contribution in [0.3, 0.4) is 0 Å². The van der Waals surface area contributed by atoms with Gasteiger partial charge in [0.2, 0.25) is 5.43 Å². The van der Waals surface area contributed by atoms with Crippen molar-refractivity contribution in [2.75, 3.05) is 19.7 Å². The predicted octanol–water partition coefficient (Wildman–Crippen LogP) is 3.71. The van der Waals surface area contributed by atoms with Gasteiger partial charge in [-0.25, -0.2) is 0 Å². The minimum absolute atomic E-state index is 0.00262. The van der Waals surface area contributed by atoms with E-state index in [1.54, 1.807) is 18.2 Å². The third-order valence-corrected chi connectivity index (χ3v) is 3.74. The van der Waals surface area contributed by atoms with E-state index in [-0.39, 0.29) is 5.43 Å². The predicted molar refractivity (Wildman–Crippen MR) is 93.3 cm³/mol. The van der Waals surface area contributed by atoms with Gasteiger partial charge in [0.05, 0.1) is 17.4 Å². The van der Waals surface area contributed by atoms with Crippen molar-refractivity contribution in [2.24, 2.45) is 0 Å². The molecule has 4 heteroatoms. The third kappa shape index (κ3) is 3.54. The van der Waals surface area contributed by atoms with E-state index in [0.29, 0.717) is 28.5 Å². The van der Waals surface area contributed by atoms with Crippen molar-refractivity contribution in [1.82, 2.24) is 5.32 Å². The van der Waals surface area contributed by atoms with E-state index in [9.17, 15) is 4.79 Å². The summed E-state index contributed by atoms with van der Waals surface area (Å²) in [6.07, 6.45) is 2.08. The van der Waals surface area contributed by atoms with Gasteiger partial charge in [0.1, 0.15) is 16.9 Å². The highest BCUT2D eigenvalue weighted by Crippen LogP contribution is 2.22. The Labute approximate surface area is 135 Å². The van der Waals surface area contributed by atoms with Crippen LogP contribution in [0.1, 0.15) is 19.8 Å². The first-order chi connectivity index (χ1) is 11.3. The van der Waals surface area contributed by atoms with Crippen LogP contribution in [0.4, 0.5) is 0 Å². The quantitative estimate of drug-likeness (QED) is 0.534. The Morgan fingerprint density at radius 1 is 1.04 bits per heavy atom. The molecule has 0 aliphatic carbocycles. The number of hydrogen-bond donors (Lipinski definition) is 1. The van der Waals surface area contributed by atoms with E-state index >= 15 is 0 Å². The number of nitrogens with one attached hydrogen (secondary N) is 1. The topological polar surface area (TPSA) is 51.5 Å². The van der Waals surface area contributed by atoms with Crippen molar-refractivity contribution in [3.63, 3.8) is 0 Å². The zero-order chi connectivity index (χ0) is 16.1. The zero-order valence-corrected chi connectivity index (χ0v) is 13.3. The second-order valence-electron chi connectivity index (χ2n) is 5.54. The molecule has 0 fully saturated rings. The molecule has 0 amide bonds. The fraction of sp³-hybridized carbons (Fsp3) is 0.316. The molecule has 0 spiro atoms. The molecule has 1 aromatic heterocycles. The number of ether oxygens (including phenoxy) is 1. The Kier molecular flexibility index (Phi) is 4.93. The van der Waals surface area contributed by atoms with Crippen LogP contribution in [0, 0.1) is 0 Å². The molecule has 0 saturated heterocycles. The van der Waals surface area contributed by atoms with E-state index in [2.05, 4.69) is 12.2 Å². The summed E-state index contributed by atoms with van der Waals surface area (Å²) in [6, 6.07) is 12.7. The first kappa shape index (κ1) is 15.6. The number of benzene rings is 2. The van der Waals surface area contributed by atoms with Crippen LogP contribution >= 0.6 is 0 Å². The summed E-state index contributed by atoms with van der Waals surface area (Å²) in [7, 11) is 0. The fourth-order valence-electron chi connectivity index (χ4n) is 2.56. The van der Waals surface area contributed by atoms with Crippen LogP contribution in [-0.4, -0.2) is 19.7 Å². The number of hydrogen-bond acceptors (Lipinski definition) is 4. The Morgan fingerprint density at radius 2 is 1.87 bits per heavy atom. The van der Waals surface area contributed by atoms with Crippen LogP contribution in [0.15, 0.2) is 51.7 Å². The lowest BCUT2D eigenvalue weighted by atomic mass is 10.1. The molecule has 0 bridgehead atoms. The molecule has 3 aromatic rings. The molecule has 2 aromatic carbocycles. The summed E-state index contributed by atoms with van der Waals surface area (Å²) >= 11 is 0. The van der Waals surface area contributed by atoms with Crippen LogP contribution < -0.4 is 15.5 Å². The molecule has 120 valence electrons. The van der Waals surface area contributed by atoms with E-state index in [1.165, 1.54) is 0 Å². The maximum Gasteiger partial charge on any atom is 0.200 e. The van der Waals surface area contributed by atoms with Gasteiger partial charge in [0, 0.05) is 6.07 Å². The summed E-state index contributed by atoms with van der Waals surface area (Å²) in [6.45, 7) is 4.77. The molecule has 1 N–H and O–H groups in total. The molecular formula is C19H21NO3. The first-order valence-electron chi connectivity index (χ1n) is 8.08. The first-order valence-corrected chi connectivity index (χ1v) is 8.08. The van der Waals surface area contributed by atoms with Crippen LogP contribution in [0.2, 0.25) is 0 Å². The molecular weight excluding hydrogens is 290 g/mol. The number of para-hydroxylation sites is 1. The smallest absolute Gasteiger partial charge is 0.200 e. The lowest BCUT2D eigenvalue weighted by Crippen LogP contribution is -2.18. The second-order valence-corrected chi connectivity index (χ2v) is 5.54. The third-order valence-electron chi connectivity index (χ3n) is 3.74. The minimum Gasteiger partial charge on any atom is -0.493 e. The van der Waals surface area contributed by atoms with E-state index in [4.69, 9.17) is 9.15 Å². The van der Waals surface area contributed by atoms with Crippen LogP contribution in [0.25, 0.3) is 21.9 Å². The standard InChI is InChI=1S/C19H21NO3/c1-2-10-20-11-5-12-22-14-8-9-16-18(13-14)23-17-7-4-3-6-15(17)19(16)21/h3-4,6-9,13,20H,2,5,10-12H2,1H3. The maximum atomic E-state index is 12.5. The van der Waals surface area contributed by atoms with Crippen molar-refractivity contribution >= 4 is 21.9 Å². The van der Waals surface area contributed by atoms with E-state index < -0.39 is 0 Å². The van der Waals surface area contributed by atoms with Gasteiger partial charge in [-0.3, -0.25) is 4.79 Å². The highest BCUT2D eigenvalue weighted by Gasteiger charge is 2.08. The molecule has 0 aliphatic heterocycles. The van der Waals surface area contributed by atoms with Gasteiger partial charge >= 0.3 is 0 Å². The fourth-order valence-corrected chi connectivity index (χ4v) is 2.56. The van der Waals surface area contributed by atoms with Crippen molar-refractivity contribution in [3.8, 4) is 5.75 Å². The van der Waals surface area contributed by atoms with Gasteiger partial charge in [-0.15, -0.1) is 0 Å². The van der Waals surface area contributed by atoms with Crippen molar-refractivity contribution in [1.29, 1.82) is 0 Å². The Bertz CT molecular complexity index is 854. The van der Waals surface area contributed by atoms with Gasteiger partial charge < -0.3 is 14.5 Å². The molecule has 0 atom stereocenters. The SMILES string of the molecule is CCCNCCCOc1ccc2c(=O)c3ccccc3oc2c1. The highest BCUT2D eigenvalue weighted by atomic mass is 16.5. The summed E-state index contributed by atoms with van der Waals surface area (Å²) < 4.78 is 11.6. The normalized spacial score (nSPS) is 11.2. The van der Waals surface area contributed by atoms with E-state index in [0.717, 1.165) is 31.7 Å². The molecule has 0 unspecified atom stereocenters. The summed E-state index contributed by atoms with van der Waals surface area (Å²) in [5.41, 5.74) is 1.17. The average Bonchev–Trinajstić information content (AvgIpc) is 2.58. The number of rotatable bonds is 7. The van der Waals surface area contributed by atoms with Crippen molar-refractivity contribution in [2.45, 2.75) is 19.8 Å². The maximum absolute atomic E-state index is 12.5. The Balaban J connectivity index is 1.76. The monoisotopic (exact) mass is 311 g/mol. The summed E-state index contributed by atoms with van der Waals surface area (Å²) in [4.78, 5) is 12.5. The van der Waals surface area contributed by atoms with Gasteiger partial charge in [-0.2, -0.15) is 0 Å². The number of fused-ring (bicyclic) bond motifs is 2. The van der Waals surface area contributed by atoms with Gasteiger partial charge in [0.25, 0.3) is 0 Å². The van der Waals surface area contributed by atoms with Crippen LogP contribution in [0.5, 0.6) is 5.75 Å². The molecule has 4 nitrogen and oxygen atoms in total. The largest absolute Gasteiger partial charge is 0.493 e. The van der Waals surface area contributed by atoms with Gasteiger partial charge in [0.15, 0.2) is 0 Å². The van der Waals surface area contributed by atoms with Gasteiger partial charge in [-0.05, 0) is 50.2 Å². The Morgan fingerprint density at radius 3 is 2.74 bits per heavy atom. The molecule has 0 radical (unpaired) electrons. The van der Waals surface area contributed by atoms with Crippen LogP contribution in [-0.2, 0) is 0 Å². The lowest BCUT2D eigenvalue weighted by Gasteiger charge is -2.08. The highest BCUT2D eigenvalue weighted by molar-refractivity contribution is 5.90. The minimum atomic E-state index is -0.00262. The second kappa shape index (κ2) is 7.29. The summed E-state index contributed by atoms with van der Waals surface area (Å²) in [5, 5.41) is 4.53. The molecule has 0 aliphatic rings. The molecule has 3 rings (SSSR count). The average molecular weight is 311 g/mol. The lowest BCUT2D eigenvalue weighted by molar-refractivity contribution is 0.308.